The van der Waals surface area contributed by atoms with Crippen molar-refractivity contribution in [3.05, 3.63) is 51.0 Å². The number of β-lactam (4-membered cyclic amide) rings is 1. The van der Waals surface area contributed by atoms with Crippen LogP contribution in [0.4, 0.5) is 10.8 Å². The summed E-state index contributed by atoms with van der Waals surface area (Å²) in [5.41, 5.74) is 3.20. The number of oxime groups is 1. The van der Waals surface area contributed by atoms with Gasteiger partial charge in [-0.25, -0.2) is 9.78 Å². The molecule has 0 spiro atoms. The Morgan fingerprint density at radius 2 is 1.95 bits per heavy atom. The van der Waals surface area contributed by atoms with E-state index < -0.39 is 57.9 Å². The molecule has 3 rings (SSSR count). The number of esters is 1. The molecule has 1 aromatic carbocycles. The molecule has 0 radical (unpaired) electrons. The summed E-state index contributed by atoms with van der Waals surface area (Å²) in [4.78, 5) is 80.3. The number of thiazole rings is 1. The number of nitro groups is 1. The lowest BCUT2D eigenvalue weighted by Crippen LogP contribution is -2.73. The second-order valence-electron chi connectivity index (χ2n) is 8.60. The summed E-state index contributed by atoms with van der Waals surface area (Å²) in [5, 5.41) is 22.9. The van der Waals surface area contributed by atoms with Gasteiger partial charge >= 0.3 is 5.97 Å². The Morgan fingerprint density at radius 3 is 2.52 bits per heavy atom. The van der Waals surface area contributed by atoms with Crippen LogP contribution in [0.25, 0.3) is 0 Å². The Morgan fingerprint density at radius 1 is 1.27 bits per heavy atom. The Kier molecular flexibility index (Phi) is 9.33. The zero-order valence-electron chi connectivity index (χ0n) is 20.8. The minimum atomic E-state index is -1.75. The first-order chi connectivity index (χ1) is 18.8. The minimum Gasteiger partial charge on any atom is -0.458 e. The fraction of sp³-hybridized carbons (Fsp3) is 0.318. The second-order valence-corrected chi connectivity index (χ2v) is 9.73. The molecule has 0 saturated carbocycles. The second kappa shape index (κ2) is 12.5. The van der Waals surface area contributed by atoms with E-state index in [0.29, 0.717) is 5.56 Å². The number of primary amides is 1. The van der Waals surface area contributed by atoms with Crippen LogP contribution in [0.15, 0.2) is 34.8 Å². The van der Waals surface area contributed by atoms with Crippen molar-refractivity contribution in [1.82, 2.24) is 15.6 Å². The molecule has 212 valence electrons. The molecule has 0 aliphatic carbocycles. The van der Waals surface area contributed by atoms with Crippen molar-refractivity contribution in [1.29, 1.82) is 0 Å². The monoisotopic (exact) mass is 595 g/mol. The summed E-state index contributed by atoms with van der Waals surface area (Å²) in [6, 6.07) is 2.89. The third-order valence-electron chi connectivity index (χ3n) is 5.21. The van der Waals surface area contributed by atoms with E-state index in [9.17, 15) is 34.1 Å². The number of nitrogens with zero attached hydrogens (tertiary/aromatic N) is 3. The molecule has 1 aliphatic heterocycles. The molecule has 4 amide bonds. The van der Waals surface area contributed by atoms with Crippen molar-refractivity contribution < 1.29 is 38.5 Å². The molecule has 18 heteroatoms. The van der Waals surface area contributed by atoms with Crippen LogP contribution in [0.3, 0.4) is 0 Å². The van der Waals surface area contributed by atoms with Gasteiger partial charge in [0.15, 0.2) is 10.8 Å². The number of rotatable bonds is 12. The molecule has 0 bridgehead atoms. The Hall–Kier alpha value is -4.64. The number of carbonyl (C=O) groups is 5. The molecule has 5 N–H and O–H groups in total. The number of carbonyl (C=O) groups excluding carboxylic acids is 5. The number of nitrogens with two attached hydrogens (primary N) is 1. The number of ether oxygens (including phenoxy) is 1. The molecule has 40 heavy (non-hydrogen) atoms. The SMILES string of the molecule is CC(C)(O/N=C(\C(=O)N[C@H]1C(=O)N[C@H]1C(N)=O)c1csc(NC(=O)CCl)n1)C(=O)OCc1ccc([N+](=O)[O-])cc1. The molecule has 2 atom stereocenters. The number of amides is 4. The number of benzene rings is 1. The van der Waals surface area contributed by atoms with Crippen LogP contribution in [0.5, 0.6) is 0 Å². The number of non-ortho nitro benzene ring substituents is 1. The summed E-state index contributed by atoms with van der Waals surface area (Å²) >= 11 is 6.41. The first-order valence-electron chi connectivity index (χ1n) is 11.2. The van der Waals surface area contributed by atoms with Gasteiger partial charge in [-0.2, -0.15) is 0 Å². The van der Waals surface area contributed by atoms with Crippen LogP contribution < -0.4 is 21.7 Å². The molecule has 1 aliphatic rings. The standard InChI is InChI=1S/C22H22ClN7O9S/c1-22(2,20(35)38-8-10-3-5-11(6-4-10)30(36)37)39-29-14(12-9-40-21(25-12)26-13(31)7-23)18(33)28-16-15(17(24)32)27-19(16)34/h3-6,9,15-16H,7-8H2,1-2H3,(H2,24,32)(H,27,34)(H,28,33)(H,25,26,31)/b29-14-/t15-,16-/m1/s1. The number of nitro benzene ring substituents is 1. The summed E-state index contributed by atoms with van der Waals surface area (Å²) < 4.78 is 5.22. The number of nitrogens with one attached hydrogen (secondary N) is 3. The van der Waals surface area contributed by atoms with Gasteiger partial charge in [-0.3, -0.25) is 29.3 Å². The highest BCUT2D eigenvalue weighted by Crippen LogP contribution is 2.20. The largest absolute Gasteiger partial charge is 0.458 e. The van der Waals surface area contributed by atoms with E-state index >= 15 is 0 Å². The first-order valence-corrected chi connectivity index (χ1v) is 12.6. The summed E-state index contributed by atoms with van der Waals surface area (Å²) in [6.45, 7) is 2.38. The lowest BCUT2D eigenvalue weighted by Gasteiger charge is -2.34. The molecule has 0 unspecified atom stereocenters. The van der Waals surface area contributed by atoms with E-state index in [1.807, 2.05) is 0 Å². The minimum absolute atomic E-state index is 0.0688. The third-order valence-corrected chi connectivity index (χ3v) is 6.21. The van der Waals surface area contributed by atoms with Gasteiger partial charge in [0.05, 0.1) is 4.92 Å². The number of hydrogen-bond donors (Lipinski definition) is 4. The molecule has 2 aromatic rings. The molecular formula is C22H22ClN7O9S. The van der Waals surface area contributed by atoms with E-state index in [1.54, 1.807) is 0 Å². The van der Waals surface area contributed by atoms with Crippen LogP contribution >= 0.6 is 22.9 Å². The number of alkyl halides is 1. The van der Waals surface area contributed by atoms with E-state index in [1.165, 1.54) is 43.5 Å². The van der Waals surface area contributed by atoms with E-state index in [-0.39, 0.29) is 29.0 Å². The molecule has 2 heterocycles. The average molecular weight is 596 g/mol. The van der Waals surface area contributed by atoms with Gasteiger partial charge in [0.2, 0.25) is 23.3 Å². The van der Waals surface area contributed by atoms with Gasteiger partial charge in [0, 0.05) is 17.5 Å². The molecule has 1 fully saturated rings. The number of halogens is 1. The van der Waals surface area contributed by atoms with Gasteiger partial charge in [-0.15, -0.1) is 22.9 Å². The van der Waals surface area contributed by atoms with Gasteiger partial charge in [-0.05, 0) is 31.5 Å². The number of hydrogen-bond acceptors (Lipinski definition) is 12. The smallest absolute Gasteiger partial charge is 0.353 e. The highest BCUT2D eigenvalue weighted by Gasteiger charge is 2.45. The van der Waals surface area contributed by atoms with Gasteiger partial charge in [-0.1, -0.05) is 5.16 Å². The summed E-state index contributed by atoms with van der Waals surface area (Å²) in [5.74, 6) is -4.34. The third kappa shape index (κ3) is 7.26. The van der Waals surface area contributed by atoms with Crippen molar-refractivity contribution in [2.45, 2.75) is 38.1 Å². The Labute approximate surface area is 234 Å². The predicted molar refractivity (Wildman–Crippen MR) is 139 cm³/mol. The maximum atomic E-state index is 13.1. The maximum absolute atomic E-state index is 13.1. The highest BCUT2D eigenvalue weighted by atomic mass is 35.5. The van der Waals surface area contributed by atoms with E-state index in [2.05, 4.69) is 26.1 Å². The quantitative estimate of drug-likeness (QED) is 0.0636. The van der Waals surface area contributed by atoms with E-state index in [0.717, 1.165) is 11.3 Å². The van der Waals surface area contributed by atoms with E-state index in [4.69, 9.17) is 26.9 Å². The fourth-order valence-corrected chi connectivity index (χ4v) is 3.78. The van der Waals surface area contributed by atoms with Crippen LogP contribution in [0, 0.1) is 10.1 Å². The molecule has 16 nitrogen and oxygen atoms in total. The topological polar surface area (TPSA) is 234 Å². The van der Waals surface area contributed by atoms with Crippen LogP contribution in [0.1, 0.15) is 25.1 Å². The van der Waals surface area contributed by atoms with Crippen LogP contribution in [-0.2, 0) is 40.2 Å². The van der Waals surface area contributed by atoms with Gasteiger partial charge in [0.1, 0.15) is 30.3 Å². The highest BCUT2D eigenvalue weighted by molar-refractivity contribution is 7.14. The normalized spacial score (nSPS) is 16.7. The van der Waals surface area contributed by atoms with Crippen LogP contribution in [0.2, 0.25) is 0 Å². The Balaban J connectivity index is 1.77. The van der Waals surface area contributed by atoms with Gasteiger partial charge in [0.25, 0.3) is 11.6 Å². The number of anilines is 1. The Bertz CT molecular complexity index is 1380. The lowest BCUT2D eigenvalue weighted by molar-refractivity contribution is -0.384. The van der Waals surface area contributed by atoms with Gasteiger partial charge < -0.3 is 31.3 Å². The predicted octanol–water partition coefficient (Wildman–Crippen LogP) is -0.0602. The molecular weight excluding hydrogens is 574 g/mol. The first kappa shape index (κ1) is 29.9. The van der Waals surface area contributed by atoms with Crippen molar-refractivity contribution in [2.24, 2.45) is 10.9 Å². The maximum Gasteiger partial charge on any atom is 0.353 e. The molecule has 1 saturated heterocycles. The van der Waals surface area contributed by atoms with Crippen molar-refractivity contribution in [2.75, 3.05) is 11.2 Å². The lowest BCUT2D eigenvalue weighted by atomic mass is 9.98. The number of aromatic nitrogens is 1. The summed E-state index contributed by atoms with van der Waals surface area (Å²) in [6.07, 6.45) is 0. The summed E-state index contributed by atoms with van der Waals surface area (Å²) in [7, 11) is 0. The zero-order valence-corrected chi connectivity index (χ0v) is 22.4. The van der Waals surface area contributed by atoms with Crippen molar-refractivity contribution in [3.63, 3.8) is 0 Å². The fourth-order valence-electron chi connectivity index (χ4n) is 3.01. The van der Waals surface area contributed by atoms with Crippen LogP contribution in [-0.4, -0.2) is 68.8 Å². The zero-order chi connectivity index (χ0) is 29.6. The van der Waals surface area contributed by atoms with Crippen molar-refractivity contribution in [3.8, 4) is 0 Å². The average Bonchev–Trinajstić information content (AvgIpc) is 3.36. The molecule has 1 aromatic heterocycles. The van der Waals surface area contributed by atoms with Crippen molar-refractivity contribution >= 4 is 69.1 Å².